The van der Waals surface area contributed by atoms with Crippen LogP contribution in [0.2, 0.25) is 0 Å². The summed E-state index contributed by atoms with van der Waals surface area (Å²) in [4.78, 5) is 33.0. The summed E-state index contributed by atoms with van der Waals surface area (Å²) in [5.41, 5.74) is 1.94. The second-order valence-electron chi connectivity index (χ2n) is 9.11. The number of morpholine rings is 1. The molecule has 0 spiro atoms. The minimum atomic E-state index is -0.595. The highest BCUT2D eigenvalue weighted by atomic mass is 32.1. The lowest BCUT2D eigenvalue weighted by molar-refractivity contribution is -0.133. The highest BCUT2D eigenvalue weighted by Gasteiger charge is 2.36. The van der Waals surface area contributed by atoms with Crippen molar-refractivity contribution in [2.24, 2.45) is 5.10 Å². The number of amides is 2. The number of carbonyl (C=O) groups is 2. The van der Waals surface area contributed by atoms with Crippen molar-refractivity contribution in [3.63, 3.8) is 0 Å². The Kier molecular flexibility index (Phi) is 8.09. The topological polar surface area (TPSA) is 65.5 Å². The van der Waals surface area contributed by atoms with Gasteiger partial charge < -0.3 is 9.64 Å². The first-order valence-electron chi connectivity index (χ1n) is 12.3. The van der Waals surface area contributed by atoms with Crippen molar-refractivity contribution >= 4 is 40.2 Å². The summed E-state index contributed by atoms with van der Waals surface area (Å²) >= 11 is 3.20. The molecule has 4 heterocycles. The molecule has 1 aromatic carbocycles. The molecule has 2 amide bonds. The largest absolute Gasteiger partial charge is 0.379 e. The average Bonchev–Trinajstić information content (AvgIpc) is 3.67. The monoisotopic (exact) mass is 540 g/mol. The number of hydrogen-bond acceptors (Lipinski definition) is 7. The van der Waals surface area contributed by atoms with E-state index in [1.807, 2.05) is 35.9 Å². The summed E-state index contributed by atoms with van der Waals surface area (Å²) < 4.78 is 20.0. The van der Waals surface area contributed by atoms with E-state index in [-0.39, 0.29) is 24.1 Å². The lowest BCUT2D eigenvalue weighted by Gasteiger charge is -2.31. The van der Waals surface area contributed by atoms with Crippen LogP contribution < -0.4 is 0 Å². The molecular formula is C27H29FN4O3S2. The van der Waals surface area contributed by atoms with Gasteiger partial charge in [-0.05, 0) is 47.5 Å². The second kappa shape index (κ2) is 11.6. The quantitative estimate of drug-likeness (QED) is 0.425. The molecule has 5 rings (SSSR count). The van der Waals surface area contributed by atoms with Crippen LogP contribution in [-0.2, 0) is 9.53 Å². The van der Waals surface area contributed by atoms with Crippen LogP contribution in [0.15, 0.2) is 58.3 Å². The van der Waals surface area contributed by atoms with Crippen molar-refractivity contribution in [2.75, 3.05) is 45.9 Å². The van der Waals surface area contributed by atoms with Gasteiger partial charge in [-0.25, -0.2) is 9.40 Å². The van der Waals surface area contributed by atoms with Crippen molar-refractivity contribution < 1.29 is 18.7 Å². The van der Waals surface area contributed by atoms with Gasteiger partial charge in [0, 0.05) is 37.5 Å². The van der Waals surface area contributed by atoms with Gasteiger partial charge in [-0.2, -0.15) is 5.10 Å². The van der Waals surface area contributed by atoms with Crippen molar-refractivity contribution in [1.29, 1.82) is 0 Å². The molecule has 0 unspecified atom stereocenters. The van der Waals surface area contributed by atoms with Gasteiger partial charge in [0.15, 0.2) is 0 Å². The van der Waals surface area contributed by atoms with Gasteiger partial charge in [-0.3, -0.25) is 14.5 Å². The van der Waals surface area contributed by atoms with Gasteiger partial charge in [-0.1, -0.05) is 18.2 Å². The maximum atomic E-state index is 14.5. The third kappa shape index (κ3) is 5.82. The third-order valence-electron chi connectivity index (χ3n) is 6.68. The fourth-order valence-corrected chi connectivity index (χ4v) is 6.38. The molecule has 1 fully saturated rings. The fraction of sp³-hybridized carbons (Fsp3) is 0.370. The molecule has 37 heavy (non-hydrogen) atoms. The number of hydrazone groups is 1. The Labute approximate surface area is 223 Å². The van der Waals surface area contributed by atoms with Crippen LogP contribution >= 0.6 is 22.7 Å². The van der Waals surface area contributed by atoms with E-state index in [9.17, 15) is 14.0 Å². The van der Waals surface area contributed by atoms with E-state index in [1.165, 1.54) is 22.0 Å². The Morgan fingerprint density at radius 2 is 1.92 bits per heavy atom. The molecule has 2 aliphatic heterocycles. The van der Waals surface area contributed by atoms with Gasteiger partial charge in [0.2, 0.25) is 0 Å². The number of nitrogens with zero attached hydrogens (tertiary/aromatic N) is 4. The van der Waals surface area contributed by atoms with Crippen LogP contribution in [0.5, 0.6) is 0 Å². The summed E-state index contributed by atoms with van der Waals surface area (Å²) in [5, 5.41) is 10.3. The summed E-state index contributed by atoms with van der Waals surface area (Å²) in [6, 6.07) is 11.7. The standard InChI is InChI=1S/C27H29FN4O3S2/c1-19-8-16-37-26(19)23-17-22(24-7-4-15-36-24)29-32(23)25(33)18-31(10-9-30-11-13-35-14-12-30)27(34)20-5-2-3-6-21(20)28/h2-8,15-16,23H,9-14,17-18H2,1H3/t23-/m0/s1. The summed E-state index contributed by atoms with van der Waals surface area (Å²) in [5.74, 6) is -1.37. The maximum absolute atomic E-state index is 14.5. The van der Waals surface area contributed by atoms with Gasteiger partial charge >= 0.3 is 0 Å². The summed E-state index contributed by atoms with van der Waals surface area (Å²) in [6.07, 6.45) is 0.614. The van der Waals surface area contributed by atoms with Crippen molar-refractivity contribution in [3.05, 3.63) is 79.9 Å². The van der Waals surface area contributed by atoms with Crippen LogP contribution in [0.1, 0.15) is 38.1 Å². The van der Waals surface area contributed by atoms with Gasteiger partial charge in [0.05, 0.1) is 35.4 Å². The Hall–Kier alpha value is -2.92. The van der Waals surface area contributed by atoms with E-state index in [2.05, 4.69) is 4.90 Å². The minimum Gasteiger partial charge on any atom is -0.379 e. The Morgan fingerprint density at radius 3 is 2.62 bits per heavy atom. The number of benzene rings is 1. The number of hydrogen-bond donors (Lipinski definition) is 0. The Bertz CT molecular complexity index is 1270. The number of rotatable bonds is 8. The average molecular weight is 541 g/mol. The number of halogens is 1. The zero-order valence-electron chi connectivity index (χ0n) is 20.6. The van der Waals surface area contributed by atoms with Crippen molar-refractivity contribution in [2.45, 2.75) is 19.4 Å². The van der Waals surface area contributed by atoms with E-state index < -0.39 is 11.7 Å². The van der Waals surface area contributed by atoms with Crippen LogP contribution in [-0.4, -0.2) is 78.3 Å². The predicted molar refractivity (Wildman–Crippen MR) is 144 cm³/mol. The molecule has 0 saturated carbocycles. The molecule has 10 heteroatoms. The first-order chi connectivity index (χ1) is 18.0. The first-order valence-corrected chi connectivity index (χ1v) is 14.1. The lowest BCUT2D eigenvalue weighted by Crippen LogP contribution is -2.46. The Morgan fingerprint density at radius 1 is 1.11 bits per heavy atom. The van der Waals surface area contributed by atoms with E-state index in [0.29, 0.717) is 32.7 Å². The number of aryl methyl sites for hydroxylation is 1. The molecule has 1 atom stereocenters. The molecule has 1 saturated heterocycles. The molecule has 0 aliphatic carbocycles. The van der Waals surface area contributed by atoms with E-state index >= 15 is 0 Å². The molecular weight excluding hydrogens is 511 g/mol. The van der Waals surface area contributed by atoms with Crippen LogP contribution in [0.25, 0.3) is 0 Å². The van der Waals surface area contributed by atoms with E-state index in [4.69, 9.17) is 9.84 Å². The normalized spacial score (nSPS) is 18.2. The lowest BCUT2D eigenvalue weighted by atomic mass is 10.1. The molecule has 0 bridgehead atoms. The van der Waals surface area contributed by atoms with Gasteiger partial charge in [0.25, 0.3) is 11.8 Å². The SMILES string of the molecule is Cc1ccsc1[C@@H]1CC(c2cccs2)=NN1C(=O)CN(CCN1CCOCC1)C(=O)c1ccccc1F. The van der Waals surface area contributed by atoms with Gasteiger partial charge in [0.1, 0.15) is 12.4 Å². The fourth-order valence-electron chi connectivity index (χ4n) is 4.64. The number of ether oxygens (including phenoxy) is 1. The summed E-state index contributed by atoms with van der Waals surface area (Å²) in [6.45, 7) is 5.52. The summed E-state index contributed by atoms with van der Waals surface area (Å²) in [7, 11) is 0. The smallest absolute Gasteiger partial charge is 0.262 e. The molecule has 0 N–H and O–H groups in total. The van der Waals surface area contributed by atoms with Crippen molar-refractivity contribution in [1.82, 2.24) is 14.8 Å². The van der Waals surface area contributed by atoms with E-state index in [0.717, 1.165) is 34.1 Å². The van der Waals surface area contributed by atoms with Crippen molar-refractivity contribution in [3.8, 4) is 0 Å². The zero-order chi connectivity index (χ0) is 25.8. The zero-order valence-corrected chi connectivity index (χ0v) is 22.3. The molecule has 0 radical (unpaired) electrons. The molecule has 3 aromatic rings. The maximum Gasteiger partial charge on any atom is 0.262 e. The minimum absolute atomic E-state index is 0.0351. The molecule has 7 nitrogen and oxygen atoms in total. The van der Waals surface area contributed by atoms with Gasteiger partial charge in [-0.15, -0.1) is 22.7 Å². The number of thiophene rings is 2. The molecule has 2 aliphatic rings. The molecule has 2 aromatic heterocycles. The van der Waals surface area contributed by atoms with Crippen LogP contribution in [0.3, 0.4) is 0 Å². The van der Waals surface area contributed by atoms with Crippen LogP contribution in [0, 0.1) is 12.7 Å². The van der Waals surface area contributed by atoms with Crippen LogP contribution in [0.4, 0.5) is 4.39 Å². The highest BCUT2D eigenvalue weighted by Crippen LogP contribution is 2.38. The van der Waals surface area contributed by atoms with E-state index in [1.54, 1.807) is 34.8 Å². The first kappa shape index (κ1) is 25.7. The second-order valence-corrected chi connectivity index (χ2v) is 11.0. The Balaban J connectivity index is 1.40. The number of carbonyl (C=O) groups excluding carboxylic acids is 2. The third-order valence-corrected chi connectivity index (χ3v) is 8.72. The molecule has 194 valence electrons. The predicted octanol–water partition coefficient (Wildman–Crippen LogP) is 4.41. The highest BCUT2D eigenvalue weighted by molar-refractivity contribution is 7.12.